The molecule has 1 atom stereocenters. The molecular formula is C15H12FNO3S. The number of hydrogen-bond donors (Lipinski definition) is 0. The van der Waals surface area contributed by atoms with E-state index in [-0.39, 0.29) is 11.6 Å². The largest absolute Gasteiger partial charge is 0.468 e. The van der Waals surface area contributed by atoms with Crippen molar-refractivity contribution in [2.24, 2.45) is 0 Å². The van der Waals surface area contributed by atoms with Gasteiger partial charge in [0.1, 0.15) is 17.8 Å². The molecule has 1 unspecified atom stereocenters. The van der Waals surface area contributed by atoms with Gasteiger partial charge in [-0.25, -0.2) is 9.37 Å². The lowest BCUT2D eigenvalue weighted by Gasteiger charge is -1.97. The van der Waals surface area contributed by atoms with Gasteiger partial charge in [0.25, 0.3) is 0 Å². The molecule has 3 aromatic rings. The van der Waals surface area contributed by atoms with Crippen LogP contribution < -0.4 is 0 Å². The Morgan fingerprint density at radius 1 is 1.19 bits per heavy atom. The summed E-state index contributed by atoms with van der Waals surface area (Å²) < 4.78 is 35.6. The number of nitrogens with zero attached hydrogens (tertiary/aromatic N) is 1. The fourth-order valence-corrected chi connectivity index (χ4v) is 3.05. The molecule has 0 bridgehead atoms. The molecule has 3 rings (SSSR count). The van der Waals surface area contributed by atoms with Crippen molar-refractivity contribution in [2.75, 3.05) is 0 Å². The van der Waals surface area contributed by atoms with Crippen molar-refractivity contribution in [2.45, 2.75) is 17.6 Å². The Balaban J connectivity index is 1.78. The molecule has 21 heavy (non-hydrogen) atoms. The molecule has 0 N–H and O–H groups in total. The van der Waals surface area contributed by atoms with Crippen LogP contribution in [0.5, 0.6) is 0 Å². The van der Waals surface area contributed by atoms with Gasteiger partial charge in [-0.2, -0.15) is 0 Å². The van der Waals surface area contributed by atoms with E-state index in [0.717, 1.165) is 0 Å². The highest BCUT2D eigenvalue weighted by Gasteiger charge is 2.14. The molecule has 4 nitrogen and oxygen atoms in total. The summed E-state index contributed by atoms with van der Waals surface area (Å²) in [6, 6.07) is 7.54. The maximum atomic E-state index is 12.9. The number of rotatable bonds is 4. The van der Waals surface area contributed by atoms with Crippen LogP contribution in [-0.2, 0) is 16.6 Å². The van der Waals surface area contributed by atoms with Crippen LogP contribution in [0.25, 0.3) is 11.5 Å². The molecule has 0 aliphatic carbocycles. The van der Waals surface area contributed by atoms with E-state index in [1.807, 2.05) is 0 Å². The molecule has 0 amide bonds. The monoisotopic (exact) mass is 305 g/mol. The Bertz CT molecular complexity index is 776. The van der Waals surface area contributed by atoms with E-state index in [4.69, 9.17) is 8.83 Å². The second-order valence-corrected chi connectivity index (χ2v) is 5.90. The Morgan fingerprint density at radius 3 is 2.62 bits per heavy atom. The van der Waals surface area contributed by atoms with Crippen molar-refractivity contribution in [1.82, 2.24) is 4.98 Å². The number of aryl methyl sites for hydroxylation is 1. The van der Waals surface area contributed by atoms with Crippen LogP contribution in [0.2, 0.25) is 0 Å². The van der Waals surface area contributed by atoms with E-state index in [2.05, 4.69) is 4.98 Å². The predicted molar refractivity (Wildman–Crippen MR) is 75.5 cm³/mol. The lowest BCUT2D eigenvalue weighted by Crippen LogP contribution is -1.97. The zero-order valence-corrected chi connectivity index (χ0v) is 12.0. The van der Waals surface area contributed by atoms with Gasteiger partial charge in [0.15, 0.2) is 0 Å². The minimum Gasteiger partial charge on any atom is -0.468 e. The predicted octanol–water partition coefficient (Wildman–Crippen LogP) is 3.69. The molecule has 0 spiro atoms. The minimum atomic E-state index is -1.24. The third kappa shape index (κ3) is 2.95. The van der Waals surface area contributed by atoms with Gasteiger partial charge in [0.05, 0.1) is 33.4 Å². The summed E-state index contributed by atoms with van der Waals surface area (Å²) in [4.78, 5) is 4.93. The van der Waals surface area contributed by atoms with Gasteiger partial charge >= 0.3 is 0 Å². The van der Waals surface area contributed by atoms with E-state index in [9.17, 15) is 8.60 Å². The topological polar surface area (TPSA) is 56.2 Å². The van der Waals surface area contributed by atoms with Crippen molar-refractivity contribution >= 4 is 10.8 Å². The quantitative estimate of drug-likeness (QED) is 0.737. The molecule has 0 saturated heterocycles. The number of furan rings is 1. The van der Waals surface area contributed by atoms with E-state index >= 15 is 0 Å². The molecule has 1 aromatic carbocycles. The Labute approximate surface area is 123 Å². The van der Waals surface area contributed by atoms with Crippen LogP contribution in [0.1, 0.15) is 11.5 Å². The highest BCUT2D eigenvalue weighted by atomic mass is 32.2. The van der Waals surface area contributed by atoms with Gasteiger partial charge < -0.3 is 8.83 Å². The first-order valence-electron chi connectivity index (χ1n) is 6.26. The van der Waals surface area contributed by atoms with Gasteiger partial charge in [0.2, 0.25) is 5.89 Å². The SMILES string of the molecule is Cc1occc1S(=O)Cc1coc(-c2ccc(F)cc2)n1. The molecular weight excluding hydrogens is 293 g/mol. The van der Waals surface area contributed by atoms with Crippen LogP contribution >= 0.6 is 0 Å². The van der Waals surface area contributed by atoms with Crippen LogP contribution in [0.4, 0.5) is 4.39 Å². The summed E-state index contributed by atoms with van der Waals surface area (Å²) in [6.45, 7) is 1.76. The summed E-state index contributed by atoms with van der Waals surface area (Å²) in [6.07, 6.45) is 2.97. The van der Waals surface area contributed by atoms with Gasteiger partial charge in [-0.3, -0.25) is 4.21 Å². The zero-order valence-electron chi connectivity index (χ0n) is 11.2. The molecule has 0 aliphatic rings. The maximum Gasteiger partial charge on any atom is 0.226 e. The first-order valence-corrected chi connectivity index (χ1v) is 7.58. The van der Waals surface area contributed by atoms with Gasteiger partial charge in [0, 0.05) is 5.56 Å². The molecule has 0 aliphatic heterocycles. The first kappa shape index (κ1) is 13.8. The average molecular weight is 305 g/mol. The summed E-state index contributed by atoms with van der Waals surface area (Å²) in [5, 5.41) is 0. The van der Waals surface area contributed by atoms with Crippen molar-refractivity contribution in [3.8, 4) is 11.5 Å². The molecule has 0 fully saturated rings. The van der Waals surface area contributed by atoms with Crippen molar-refractivity contribution in [3.63, 3.8) is 0 Å². The Morgan fingerprint density at radius 2 is 1.95 bits per heavy atom. The Hall–Kier alpha value is -2.21. The van der Waals surface area contributed by atoms with Gasteiger partial charge in [-0.1, -0.05) is 0 Å². The van der Waals surface area contributed by atoms with Crippen molar-refractivity contribution in [3.05, 3.63) is 60.1 Å². The summed E-state index contributed by atoms with van der Waals surface area (Å²) in [5.74, 6) is 0.939. The van der Waals surface area contributed by atoms with Crippen LogP contribution in [-0.4, -0.2) is 9.19 Å². The number of hydrogen-bond acceptors (Lipinski definition) is 4. The normalized spacial score (nSPS) is 12.5. The Kier molecular flexibility index (Phi) is 3.70. The fourth-order valence-electron chi connectivity index (χ4n) is 1.92. The average Bonchev–Trinajstić information content (AvgIpc) is 3.09. The van der Waals surface area contributed by atoms with Gasteiger partial charge in [-0.05, 0) is 37.3 Å². The van der Waals surface area contributed by atoms with Crippen LogP contribution in [0.3, 0.4) is 0 Å². The standard InChI is InChI=1S/C15H12FNO3S/c1-10-14(6-7-19-10)21(18)9-13-8-20-15(17-13)11-2-4-12(16)5-3-11/h2-8H,9H2,1H3. The van der Waals surface area contributed by atoms with E-state index in [1.165, 1.54) is 24.7 Å². The highest BCUT2D eigenvalue weighted by molar-refractivity contribution is 7.84. The molecule has 2 heterocycles. The lowest BCUT2D eigenvalue weighted by molar-refractivity contribution is 0.525. The van der Waals surface area contributed by atoms with E-state index < -0.39 is 10.8 Å². The summed E-state index contributed by atoms with van der Waals surface area (Å²) >= 11 is 0. The third-order valence-corrected chi connectivity index (χ3v) is 4.45. The molecule has 0 saturated carbocycles. The van der Waals surface area contributed by atoms with Crippen LogP contribution in [0, 0.1) is 12.7 Å². The zero-order chi connectivity index (χ0) is 14.8. The molecule has 108 valence electrons. The number of halogens is 1. The van der Waals surface area contributed by atoms with Crippen molar-refractivity contribution < 1.29 is 17.4 Å². The summed E-state index contributed by atoms with van der Waals surface area (Å²) in [7, 11) is -1.24. The van der Waals surface area contributed by atoms with Crippen LogP contribution in [0.15, 0.2) is 56.6 Å². The van der Waals surface area contributed by atoms with E-state index in [1.54, 1.807) is 25.1 Å². The minimum absolute atomic E-state index is 0.241. The molecule has 2 aromatic heterocycles. The first-order chi connectivity index (χ1) is 10.1. The summed E-state index contributed by atoms with van der Waals surface area (Å²) in [5.41, 5.74) is 1.25. The second kappa shape index (κ2) is 5.65. The number of benzene rings is 1. The smallest absolute Gasteiger partial charge is 0.226 e. The second-order valence-electron chi connectivity index (χ2n) is 4.48. The molecule has 6 heteroatoms. The highest BCUT2D eigenvalue weighted by Crippen LogP contribution is 2.21. The molecule has 0 radical (unpaired) electrons. The van der Waals surface area contributed by atoms with Gasteiger partial charge in [-0.15, -0.1) is 0 Å². The van der Waals surface area contributed by atoms with Crippen molar-refractivity contribution in [1.29, 1.82) is 0 Å². The lowest BCUT2D eigenvalue weighted by atomic mass is 10.2. The fraction of sp³-hybridized carbons (Fsp3) is 0.133. The number of oxazole rings is 1. The maximum absolute atomic E-state index is 12.9. The number of aromatic nitrogens is 1. The third-order valence-electron chi connectivity index (χ3n) is 2.98. The van der Waals surface area contributed by atoms with E-state index in [0.29, 0.717) is 27.8 Å².